The molecule has 66 valence electrons. The number of nitrogens with two attached hydrogens (primary N) is 1. The molecule has 0 aliphatic rings. The van der Waals surface area contributed by atoms with E-state index in [0.717, 1.165) is 10.2 Å². The zero-order valence-corrected chi connectivity index (χ0v) is 8.81. The molecule has 0 aromatic carbocycles. The summed E-state index contributed by atoms with van der Waals surface area (Å²) in [5.74, 6) is 0. The van der Waals surface area contributed by atoms with Gasteiger partial charge in [-0.2, -0.15) is 0 Å². The Morgan fingerprint density at radius 3 is 2.67 bits per heavy atom. The Hall–Kier alpha value is -0.380. The van der Waals surface area contributed by atoms with Gasteiger partial charge in [0.1, 0.15) is 0 Å². The number of nitrogens with zero attached hydrogens (tertiary/aromatic N) is 1. The van der Waals surface area contributed by atoms with Gasteiger partial charge in [0, 0.05) is 10.7 Å². The first-order valence-corrected chi connectivity index (χ1v) is 4.03. The summed E-state index contributed by atoms with van der Waals surface area (Å²) in [6.07, 6.45) is 3.38. The number of aromatic nitrogens is 1. The maximum atomic E-state index is 5.65. The predicted molar refractivity (Wildman–Crippen MR) is 56.3 cm³/mol. The van der Waals surface area contributed by atoms with Crippen LogP contribution in [0.1, 0.15) is 11.7 Å². The molecule has 1 aromatic heterocycles. The Morgan fingerprint density at radius 2 is 2.25 bits per heavy atom. The van der Waals surface area contributed by atoms with Crippen LogP contribution in [0.5, 0.6) is 0 Å². The second kappa shape index (κ2) is 5.30. The van der Waals surface area contributed by atoms with Gasteiger partial charge >= 0.3 is 0 Å². The summed E-state index contributed by atoms with van der Waals surface area (Å²) in [6, 6.07) is 3.62. The van der Waals surface area contributed by atoms with Crippen LogP contribution in [0, 0.1) is 0 Å². The van der Waals surface area contributed by atoms with Crippen LogP contribution in [-0.2, 0) is 0 Å². The summed E-state index contributed by atoms with van der Waals surface area (Å²) in [5, 5.41) is 0. The lowest BCUT2D eigenvalue weighted by Gasteiger charge is -2.03. The van der Waals surface area contributed by atoms with Gasteiger partial charge < -0.3 is 5.73 Å². The van der Waals surface area contributed by atoms with Crippen LogP contribution >= 0.6 is 28.3 Å². The lowest BCUT2D eigenvalue weighted by atomic mass is 10.2. The van der Waals surface area contributed by atoms with Crippen LogP contribution in [-0.4, -0.2) is 4.98 Å². The summed E-state index contributed by atoms with van der Waals surface area (Å²) in [7, 11) is 0. The standard InChI is InChI=1S/C8H9BrN2.ClH/c1-2-7(10)8-4-3-6(9)5-11-8;/h2-5,7H,1,10H2;1H/t7-;/m1./s1. The van der Waals surface area contributed by atoms with Crippen molar-refractivity contribution in [3.05, 3.63) is 41.2 Å². The summed E-state index contributed by atoms with van der Waals surface area (Å²) in [6.45, 7) is 3.58. The van der Waals surface area contributed by atoms with E-state index in [4.69, 9.17) is 5.73 Å². The summed E-state index contributed by atoms with van der Waals surface area (Å²) in [4.78, 5) is 4.11. The normalized spacial score (nSPS) is 11.5. The van der Waals surface area contributed by atoms with Crippen molar-refractivity contribution in [2.24, 2.45) is 5.73 Å². The molecule has 1 heterocycles. The number of hydrogen-bond donors (Lipinski definition) is 1. The Bertz CT molecular complexity index is 248. The summed E-state index contributed by atoms with van der Waals surface area (Å²) in [5.41, 5.74) is 6.48. The molecule has 1 aromatic rings. The van der Waals surface area contributed by atoms with E-state index in [1.165, 1.54) is 0 Å². The Morgan fingerprint density at radius 1 is 1.58 bits per heavy atom. The number of hydrogen-bond acceptors (Lipinski definition) is 2. The van der Waals surface area contributed by atoms with Crippen LogP contribution in [0.15, 0.2) is 35.5 Å². The third-order valence-corrected chi connectivity index (χ3v) is 1.81. The minimum atomic E-state index is -0.164. The molecule has 12 heavy (non-hydrogen) atoms. The minimum absolute atomic E-state index is 0. The molecule has 0 saturated heterocycles. The van der Waals surface area contributed by atoms with Gasteiger partial charge in [-0.05, 0) is 28.1 Å². The molecule has 0 fully saturated rings. The molecular formula is C8H10BrClN2. The molecule has 0 bridgehead atoms. The van der Waals surface area contributed by atoms with Crippen LogP contribution in [0.3, 0.4) is 0 Å². The van der Waals surface area contributed by atoms with Gasteiger partial charge in [0.15, 0.2) is 0 Å². The van der Waals surface area contributed by atoms with E-state index in [0.29, 0.717) is 0 Å². The largest absolute Gasteiger partial charge is 0.319 e. The second-order valence-electron chi connectivity index (χ2n) is 2.16. The fourth-order valence-corrected chi connectivity index (χ4v) is 0.940. The highest BCUT2D eigenvalue weighted by Gasteiger charge is 2.00. The van der Waals surface area contributed by atoms with Gasteiger partial charge in [-0.3, -0.25) is 4.98 Å². The minimum Gasteiger partial charge on any atom is -0.319 e. The van der Waals surface area contributed by atoms with Crippen molar-refractivity contribution >= 4 is 28.3 Å². The first-order valence-electron chi connectivity index (χ1n) is 3.23. The molecule has 4 heteroatoms. The highest BCUT2D eigenvalue weighted by Crippen LogP contribution is 2.11. The van der Waals surface area contributed by atoms with Crippen LogP contribution in [0.2, 0.25) is 0 Å². The molecule has 2 nitrogen and oxygen atoms in total. The number of pyridine rings is 1. The lowest BCUT2D eigenvalue weighted by molar-refractivity contribution is 0.863. The molecule has 0 aliphatic heterocycles. The molecule has 0 saturated carbocycles. The molecule has 0 aliphatic carbocycles. The molecule has 0 radical (unpaired) electrons. The lowest BCUT2D eigenvalue weighted by Crippen LogP contribution is -2.07. The Labute approximate surface area is 86.4 Å². The van der Waals surface area contributed by atoms with Gasteiger partial charge in [0.2, 0.25) is 0 Å². The molecule has 0 amide bonds. The summed E-state index contributed by atoms with van der Waals surface area (Å²) >= 11 is 3.29. The van der Waals surface area contributed by atoms with Crippen molar-refractivity contribution in [2.75, 3.05) is 0 Å². The smallest absolute Gasteiger partial charge is 0.0653 e. The first kappa shape index (κ1) is 11.6. The van der Waals surface area contributed by atoms with E-state index in [1.807, 2.05) is 12.1 Å². The topological polar surface area (TPSA) is 38.9 Å². The highest BCUT2D eigenvalue weighted by atomic mass is 79.9. The molecule has 0 spiro atoms. The average Bonchev–Trinajstić information content (AvgIpc) is 2.05. The van der Waals surface area contributed by atoms with E-state index < -0.39 is 0 Å². The number of halogens is 2. The fourth-order valence-electron chi connectivity index (χ4n) is 0.705. The van der Waals surface area contributed by atoms with Gasteiger partial charge in [0.25, 0.3) is 0 Å². The molecular weight excluding hydrogens is 239 g/mol. The molecule has 0 unspecified atom stereocenters. The Kier molecular flexibility index (Phi) is 5.13. The van der Waals surface area contributed by atoms with Crippen LogP contribution < -0.4 is 5.73 Å². The maximum Gasteiger partial charge on any atom is 0.0653 e. The van der Waals surface area contributed by atoms with Crippen molar-refractivity contribution in [1.82, 2.24) is 4.98 Å². The van der Waals surface area contributed by atoms with Crippen molar-refractivity contribution in [1.29, 1.82) is 0 Å². The van der Waals surface area contributed by atoms with E-state index in [1.54, 1.807) is 12.3 Å². The van der Waals surface area contributed by atoms with E-state index in [2.05, 4.69) is 27.5 Å². The van der Waals surface area contributed by atoms with E-state index in [9.17, 15) is 0 Å². The highest BCUT2D eigenvalue weighted by molar-refractivity contribution is 9.10. The van der Waals surface area contributed by atoms with Crippen LogP contribution in [0.25, 0.3) is 0 Å². The van der Waals surface area contributed by atoms with Crippen molar-refractivity contribution < 1.29 is 0 Å². The zero-order valence-electron chi connectivity index (χ0n) is 6.40. The van der Waals surface area contributed by atoms with Gasteiger partial charge in [-0.25, -0.2) is 0 Å². The monoisotopic (exact) mass is 248 g/mol. The second-order valence-corrected chi connectivity index (χ2v) is 3.08. The Balaban J connectivity index is 0.00000121. The SMILES string of the molecule is C=C[C@@H](N)c1ccc(Br)cn1.Cl. The average molecular weight is 250 g/mol. The van der Waals surface area contributed by atoms with E-state index in [-0.39, 0.29) is 18.4 Å². The first-order chi connectivity index (χ1) is 5.24. The van der Waals surface area contributed by atoms with Crippen molar-refractivity contribution in [3.63, 3.8) is 0 Å². The maximum absolute atomic E-state index is 5.65. The molecule has 2 N–H and O–H groups in total. The third-order valence-electron chi connectivity index (χ3n) is 1.35. The predicted octanol–water partition coefficient (Wildman–Crippen LogP) is 2.45. The van der Waals surface area contributed by atoms with Gasteiger partial charge in [-0.1, -0.05) is 6.08 Å². The van der Waals surface area contributed by atoms with Crippen LogP contribution in [0.4, 0.5) is 0 Å². The van der Waals surface area contributed by atoms with Crippen molar-refractivity contribution in [3.8, 4) is 0 Å². The molecule has 1 rings (SSSR count). The quantitative estimate of drug-likeness (QED) is 0.818. The fraction of sp³-hybridized carbons (Fsp3) is 0.125. The van der Waals surface area contributed by atoms with Crippen molar-refractivity contribution in [2.45, 2.75) is 6.04 Å². The molecule has 1 atom stereocenters. The third kappa shape index (κ3) is 2.93. The number of rotatable bonds is 2. The van der Waals surface area contributed by atoms with E-state index >= 15 is 0 Å². The van der Waals surface area contributed by atoms with Gasteiger partial charge in [0.05, 0.1) is 11.7 Å². The van der Waals surface area contributed by atoms with Gasteiger partial charge in [-0.15, -0.1) is 19.0 Å². The zero-order chi connectivity index (χ0) is 8.27. The summed E-state index contributed by atoms with van der Waals surface area (Å²) < 4.78 is 0.956.